The minimum atomic E-state index is 0.802. The van der Waals surface area contributed by atoms with Crippen molar-refractivity contribution < 1.29 is 0 Å². The highest BCUT2D eigenvalue weighted by Crippen LogP contribution is 1.84. The van der Waals surface area contributed by atoms with E-state index < -0.39 is 0 Å². The second kappa shape index (κ2) is 1.80. The smallest absolute Gasteiger partial charge is 0.0402 e. The molecule has 0 aromatic heterocycles. The standard InChI is InChI=1S/C4H6N2/c1-2-4-6-5-3-1/h3,6H,1,4H2. The zero-order valence-electron chi connectivity index (χ0n) is 3.44. The zero-order valence-corrected chi connectivity index (χ0v) is 3.44. The summed E-state index contributed by atoms with van der Waals surface area (Å²) >= 11 is 0. The third-order valence-electron chi connectivity index (χ3n) is 0.622. The van der Waals surface area contributed by atoms with E-state index in [1.54, 1.807) is 6.21 Å². The Labute approximate surface area is 37.2 Å². The van der Waals surface area contributed by atoms with E-state index in [1.165, 1.54) is 0 Å². The molecular formula is C4H6N2. The highest BCUT2D eigenvalue weighted by Gasteiger charge is 1.87. The minimum Gasteiger partial charge on any atom is -0.310 e. The number of rotatable bonds is 0. The Morgan fingerprint density at radius 1 is 1.83 bits per heavy atom. The van der Waals surface area contributed by atoms with Crippen LogP contribution in [0.3, 0.4) is 0 Å². The van der Waals surface area contributed by atoms with Gasteiger partial charge in [0.15, 0.2) is 0 Å². The van der Waals surface area contributed by atoms with Crippen LogP contribution in [0.25, 0.3) is 0 Å². The van der Waals surface area contributed by atoms with Crippen LogP contribution < -0.4 is 5.43 Å². The molecule has 0 spiro atoms. The SMILES string of the molecule is [C]1CC=NNC1. The van der Waals surface area contributed by atoms with Crippen LogP contribution in [0.4, 0.5) is 0 Å². The Hall–Kier alpha value is -0.530. The van der Waals surface area contributed by atoms with Gasteiger partial charge < -0.3 is 5.43 Å². The van der Waals surface area contributed by atoms with Gasteiger partial charge in [-0.05, 0) is 6.42 Å². The fourth-order valence-electron chi connectivity index (χ4n) is 0.348. The molecule has 1 N–H and O–H groups in total. The number of hydrazone groups is 1. The van der Waals surface area contributed by atoms with Gasteiger partial charge in [0.1, 0.15) is 0 Å². The summed E-state index contributed by atoms with van der Waals surface area (Å²) in [6.45, 7) is 0.802. The highest BCUT2D eigenvalue weighted by atomic mass is 15.3. The summed E-state index contributed by atoms with van der Waals surface area (Å²) in [5.74, 6) is 0. The van der Waals surface area contributed by atoms with Crippen LogP contribution in [0, 0.1) is 6.42 Å². The molecule has 6 heavy (non-hydrogen) atoms. The van der Waals surface area contributed by atoms with E-state index in [2.05, 4.69) is 16.9 Å². The molecule has 0 aromatic rings. The maximum Gasteiger partial charge on any atom is 0.0402 e. The maximum atomic E-state index is 3.74. The Kier molecular flexibility index (Phi) is 1.10. The van der Waals surface area contributed by atoms with Gasteiger partial charge in [-0.25, -0.2) is 0 Å². The fraction of sp³-hybridized carbons (Fsp3) is 0.500. The van der Waals surface area contributed by atoms with Crippen molar-refractivity contribution >= 4 is 6.21 Å². The average molecular weight is 82.1 g/mol. The number of nitrogens with zero attached hydrogens (tertiary/aromatic N) is 1. The van der Waals surface area contributed by atoms with Crippen LogP contribution in [0.1, 0.15) is 6.42 Å². The van der Waals surface area contributed by atoms with E-state index in [-0.39, 0.29) is 0 Å². The molecule has 0 aromatic carbocycles. The van der Waals surface area contributed by atoms with Gasteiger partial charge in [0, 0.05) is 19.2 Å². The summed E-state index contributed by atoms with van der Waals surface area (Å²) in [6, 6.07) is 0. The number of hydrogen-bond donors (Lipinski definition) is 1. The molecule has 0 saturated carbocycles. The predicted molar refractivity (Wildman–Crippen MR) is 24.4 cm³/mol. The Morgan fingerprint density at radius 3 is 3.00 bits per heavy atom. The lowest BCUT2D eigenvalue weighted by atomic mass is 10.3. The van der Waals surface area contributed by atoms with Crippen molar-refractivity contribution in [2.24, 2.45) is 5.10 Å². The predicted octanol–water partition coefficient (Wildman–Crippen LogP) is 0.0468. The quantitative estimate of drug-likeness (QED) is 0.438. The van der Waals surface area contributed by atoms with Gasteiger partial charge in [0.25, 0.3) is 0 Å². The lowest BCUT2D eigenvalue weighted by Crippen LogP contribution is -2.12. The molecule has 0 unspecified atom stereocenters. The van der Waals surface area contributed by atoms with Gasteiger partial charge in [-0.2, -0.15) is 5.10 Å². The third-order valence-corrected chi connectivity index (χ3v) is 0.622. The molecule has 0 atom stereocenters. The van der Waals surface area contributed by atoms with Crippen molar-refractivity contribution in [3.8, 4) is 0 Å². The van der Waals surface area contributed by atoms with Crippen molar-refractivity contribution in [3.05, 3.63) is 6.42 Å². The second-order valence-electron chi connectivity index (χ2n) is 1.10. The summed E-state index contributed by atoms with van der Waals surface area (Å²) in [5.41, 5.74) is 2.74. The molecule has 2 nitrogen and oxygen atoms in total. The molecular weight excluding hydrogens is 76.1 g/mol. The highest BCUT2D eigenvalue weighted by molar-refractivity contribution is 5.59. The molecule has 0 bridgehead atoms. The summed E-state index contributed by atoms with van der Waals surface area (Å²) in [7, 11) is 0. The Balaban J connectivity index is 2.26. The summed E-state index contributed by atoms with van der Waals surface area (Å²) < 4.78 is 0. The van der Waals surface area contributed by atoms with Gasteiger partial charge >= 0.3 is 0 Å². The molecule has 0 amide bonds. The van der Waals surface area contributed by atoms with Crippen LogP contribution in [0.5, 0.6) is 0 Å². The van der Waals surface area contributed by atoms with E-state index in [9.17, 15) is 0 Å². The first-order valence-corrected chi connectivity index (χ1v) is 1.95. The van der Waals surface area contributed by atoms with Crippen molar-refractivity contribution in [2.45, 2.75) is 6.42 Å². The first kappa shape index (κ1) is 3.65. The molecule has 1 aliphatic rings. The van der Waals surface area contributed by atoms with Crippen LogP contribution >= 0.6 is 0 Å². The van der Waals surface area contributed by atoms with Crippen LogP contribution in [-0.4, -0.2) is 12.8 Å². The molecule has 2 radical (unpaired) electrons. The second-order valence-corrected chi connectivity index (χ2v) is 1.10. The van der Waals surface area contributed by atoms with E-state index in [0.29, 0.717) is 0 Å². The van der Waals surface area contributed by atoms with Gasteiger partial charge in [-0.1, -0.05) is 0 Å². The molecule has 1 rings (SSSR count). The van der Waals surface area contributed by atoms with Gasteiger partial charge in [-0.15, -0.1) is 0 Å². The monoisotopic (exact) mass is 82.1 g/mol. The van der Waals surface area contributed by atoms with Crippen LogP contribution in [-0.2, 0) is 0 Å². The maximum absolute atomic E-state index is 3.74. The first-order valence-electron chi connectivity index (χ1n) is 1.95. The Bertz CT molecular complexity index is 50.6. The van der Waals surface area contributed by atoms with Crippen LogP contribution in [0.15, 0.2) is 5.10 Å². The number of hydrogen-bond acceptors (Lipinski definition) is 2. The third kappa shape index (κ3) is 0.708. The topological polar surface area (TPSA) is 24.4 Å². The molecule has 0 saturated heterocycles. The normalized spacial score (nSPS) is 20.0. The molecule has 32 valence electrons. The van der Waals surface area contributed by atoms with Crippen molar-refractivity contribution in [1.82, 2.24) is 5.43 Å². The van der Waals surface area contributed by atoms with Crippen molar-refractivity contribution in [3.63, 3.8) is 0 Å². The van der Waals surface area contributed by atoms with Crippen molar-refractivity contribution in [1.29, 1.82) is 0 Å². The van der Waals surface area contributed by atoms with Gasteiger partial charge in [-0.3, -0.25) is 0 Å². The zero-order chi connectivity index (χ0) is 4.24. The lowest BCUT2D eigenvalue weighted by molar-refractivity contribution is 0.764. The van der Waals surface area contributed by atoms with Gasteiger partial charge in [0.05, 0.1) is 0 Å². The van der Waals surface area contributed by atoms with E-state index >= 15 is 0 Å². The van der Waals surface area contributed by atoms with E-state index in [0.717, 1.165) is 13.0 Å². The first-order chi connectivity index (χ1) is 3.00. The van der Waals surface area contributed by atoms with E-state index in [1.807, 2.05) is 0 Å². The molecule has 0 aliphatic carbocycles. The van der Waals surface area contributed by atoms with Gasteiger partial charge in [0.2, 0.25) is 0 Å². The largest absolute Gasteiger partial charge is 0.310 e. The Morgan fingerprint density at radius 2 is 2.83 bits per heavy atom. The molecule has 1 heterocycles. The molecule has 1 aliphatic heterocycles. The van der Waals surface area contributed by atoms with Crippen LogP contribution in [0.2, 0.25) is 0 Å². The summed E-state index contributed by atoms with van der Waals surface area (Å²) in [6.07, 6.45) is 5.72. The lowest BCUT2D eigenvalue weighted by Gasteiger charge is -2.00. The van der Waals surface area contributed by atoms with E-state index in [4.69, 9.17) is 0 Å². The molecule has 0 fully saturated rings. The van der Waals surface area contributed by atoms with Crippen molar-refractivity contribution in [2.75, 3.05) is 6.54 Å². The fourth-order valence-corrected chi connectivity index (χ4v) is 0.348. The summed E-state index contributed by atoms with van der Waals surface area (Å²) in [4.78, 5) is 0. The average Bonchev–Trinajstić information content (AvgIpc) is 1.72. The molecule has 2 heteroatoms. The minimum absolute atomic E-state index is 0.802. The summed E-state index contributed by atoms with van der Waals surface area (Å²) in [5, 5.41) is 3.74. The number of nitrogens with one attached hydrogen (secondary N) is 1.